The Labute approximate surface area is 95.7 Å². The van der Waals surface area contributed by atoms with Crippen LogP contribution in [-0.2, 0) is 9.53 Å². The van der Waals surface area contributed by atoms with Crippen LogP contribution in [0.4, 0.5) is 4.79 Å². The number of ether oxygens (including phenoxy) is 1. The molecule has 1 amide bonds. The first-order valence-electron chi connectivity index (χ1n) is 5.83. The minimum absolute atomic E-state index is 0.131. The monoisotopic (exact) mass is 225 g/mol. The molecule has 2 rings (SSSR count). The highest BCUT2D eigenvalue weighted by Crippen LogP contribution is 2.56. The lowest BCUT2D eigenvalue weighted by molar-refractivity contribution is -0.132. The van der Waals surface area contributed by atoms with Gasteiger partial charge in [0.05, 0.1) is 0 Å². The minimum Gasteiger partial charge on any atom is -0.444 e. The average molecular weight is 225 g/mol. The Morgan fingerprint density at radius 1 is 1.50 bits per heavy atom. The van der Waals surface area contributed by atoms with Crippen molar-refractivity contribution in [2.75, 3.05) is 0 Å². The van der Waals surface area contributed by atoms with E-state index in [9.17, 15) is 9.59 Å². The molecular formula is C12H19NO3. The Bertz CT molecular complexity index is 321. The second kappa shape index (κ2) is 3.47. The van der Waals surface area contributed by atoms with Crippen LogP contribution in [0.15, 0.2) is 0 Å². The minimum atomic E-state index is -0.465. The molecule has 4 nitrogen and oxygen atoms in total. The summed E-state index contributed by atoms with van der Waals surface area (Å²) in [5, 5.41) is 2.93. The number of amides is 1. The quantitative estimate of drug-likeness (QED) is 0.730. The number of hydrogen-bond donors (Lipinski definition) is 1. The highest BCUT2D eigenvalue weighted by atomic mass is 16.6. The van der Waals surface area contributed by atoms with Crippen LogP contribution in [0.3, 0.4) is 0 Å². The van der Waals surface area contributed by atoms with E-state index in [4.69, 9.17) is 4.74 Å². The van der Waals surface area contributed by atoms with Crippen molar-refractivity contribution in [2.45, 2.75) is 51.2 Å². The molecule has 1 N–H and O–H groups in total. The van der Waals surface area contributed by atoms with Gasteiger partial charge in [-0.15, -0.1) is 0 Å². The third kappa shape index (κ3) is 1.81. The van der Waals surface area contributed by atoms with Gasteiger partial charge in [-0.2, -0.15) is 0 Å². The molecule has 2 saturated carbocycles. The molecule has 0 aromatic carbocycles. The summed E-state index contributed by atoms with van der Waals surface area (Å²) in [7, 11) is 0. The van der Waals surface area contributed by atoms with Crippen molar-refractivity contribution in [3.05, 3.63) is 0 Å². The van der Waals surface area contributed by atoms with Crippen LogP contribution in [0.2, 0.25) is 0 Å². The molecule has 0 aliphatic heterocycles. The summed E-state index contributed by atoms with van der Waals surface area (Å²) in [6.07, 6.45) is 3.45. The summed E-state index contributed by atoms with van der Waals surface area (Å²) < 4.78 is 5.22. The number of fused-ring (bicyclic) bond motifs is 1. The van der Waals surface area contributed by atoms with Crippen LogP contribution < -0.4 is 5.32 Å². The topological polar surface area (TPSA) is 55.4 Å². The first kappa shape index (κ1) is 11.4. The highest BCUT2D eigenvalue weighted by Gasteiger charge is 2.60. The fourth-order valence-corrected chi connectivity index (χ4v) is 2.80. The van der Waals surface area contributed by atoms with Gasteiger partial charge in [-0.1, -0.05) is 0 Å². The van der Waals surface area contributed by atoms with Crippen molar-refractivity contribution < 1.29 is 14.3 Å². The number of rotatable bonds is 2. The molecule has 0 aromatic rings. The second-order valence-electron chi connectivity index (χ2n) is 5.93. The molecule has 0 heterocycles. The van der Waals surface area contributed by atoms with Crippen molar-refractivity contribution in [2.24, 2.45) is 11.8 Å². The second-order valence-corrected chi connectivity index (χ2v) is 5.93. The molecule has 16 heavy (non-hydrogen) atoms. The average Bonchev–Trinajstić information content (AvgIpc) is 2.11. The molecule has 2 fully saturated rings. The molecule has 3 atom stereocenters. The smallest absolute Gasteiger partial charge is 0.408 e. The predicted octanol–water partition coefficient (Wildman–Crippen LogP) is 1.88. The summed E-state index contributed by atoms with van der Waals surface area (Å²) in [5.41, 5.74) is -0.596. The summed E-state index contributed by atoms with van der Waals surface area (Å²) >= 11 is 0. The molecule has 0 radical (unpaired) electrons. The zero-order valence-corrected chi connectivity index (χ0v) is 10.1. The number of nitrogens with one attached hydrogen (secondary N) is 1. The van der Waals surface area contributed by atoms with Crippen molar-refractivity contribution >= 4 is 12.4 Å². The summed E-state index contributed by atoms with van der Waals surface area (Å²) in [6.45, 7) is 5.53. The van der Waals surface area contributed by atoms with E-state index in [2.05, 4.69) is 5.32 Å². The summed E-state index contributed by atoms with van der Waals surface area (Å²) in [4.78, 5) is 22.3. The van der Waals surface area contributed by atoms with Gasteiger partial charge in [0.15, 0.2) is 0 Å². The summed E-state index contributed by atoms with van der Waals surface area (Å²) in [5.74, 6) is 0.487. The van der Waals surface area contributed by atoms with Gasteiger partial charge in [-0.25, -0.2) is 4.79 Å². The molecule has 2 aliphatic carbocycles. The molecule has 3 unspecified atom stereocenters. The SMILES string of the molecule is CC(C)(C)OC(=O)NC12CCC1C(C=O)C2. The molecule has 0 spiro atoms. The molecule has 0 bridgehead atoms. The van der Waals surface area contributed by atoms with Crippen molar-refractivity contribution in [1.82, 2.24) is 5.32 Å². The normalized spacial score (nSPS) is 36.4. The van der Waals surface area contributed by atoms with Gasteiger partial charge in [-0.05, 0) is 46.0 Å². The van der Waals surface area contributed by atoms with Gasteiger partial charge >= 0.3 is 6.09 Å². The third-order valence-electron chi connectivity index (χ3n) is 3.65. The van der Waals surface area contributed by atoms with Gasteiger partial charge in [0.25, 0.3) is 0 Å². The van der Waals surface area contributed by atoms with Crippen LogP contribution in [0.5, 0.6) is 0 Å². The van der Waals surface area contributed by atoms with Gasteiger partial charge in [0, 0.05) is 11.5 Å². The van der Waals surface area contributed by atoms with Gasteiger partial charge in [0.1, 0.15) is 11.9 Å². The van der Waals surface area contributed by atoms with Crippen LogP contribution in [-0.4, -0.2) is 23.5 Å². The maximum atomic E-state index is 11.6. The first-order valence-corrected chi connectivity index (χ1v) is 5.83. The number of carbonyl (C=O) groups is 2. The van der Waals surface area contributed by atoms with E-state index in [0.29, 0.717) is 5.92 Å². The van der Waals surface area contributed by atoms with Crippen LogP contribution in [0.25, 0.3) is 0 Å². The number of aldehydes is 1. The van der Waals surface area contributed by atoms with E-state index in [0.717, 1.165) is 25.5 Å². The zero-order chi connectivity index (χ0) is 12.0. The van der Waals surface area contributed by atoms with Crippen LogP contribution >= 0.6 is 0 Å². The van der Waals surface area contributed by atoms with E-state index in [-0.39, 0.29) is 17.6 Å². The first-order chi connectivity index (χ1) is 7.36. The summed E-state index contributed by atoms with van der Waals surface area (Å²) in [6, 6.07) is 0. The van der Waals surface area contributed by atoms with Gasteiger partial charge in [0.2, 0.25) is 0 Å². The predicted molar refractivity (Wildman–Crippen MR) is 59.0 cm³/mol. The fraction of sp³-hybridized carbons (Fsp3) is 0.833. The molecule has 2 aliphatic rings. The number of hydrogen-bond acceptors (Lipinski definition) is 3. The molecular weight excluding hydrogens is 206 g/mol. The van der Waals surface area contributed by atoms with Crippen molar-refractivity contribution in [1.29, 1.82) is 0 Å². The van der Waals surface area contributed by atoms with Crippen LogP contribution in [0.1, 0.15) is 40.0 Å². The highest BCUT2D eigenvalue weighted by molar-refractivity contribution is 5.70. The Balaban J connectivity index is 1.87. The Morgan fingerprint density at radius 2 is 2.19 bits per heavy atom. The number of alkyl carbamates (subject to hydrolysis) is 1. The lowest BCUT2D eigenvalue weighted by Gasteiger charge is -2.61. The Kier molecular flexibility index (Phi) is 2.48. The van der Waals surface area contributed by atoms with E-state index in [1.807, 2.05) is 20.8 Å². The third-order valence-corrected chi connectivity index (χ3v) is 3.65. The van der Waals surface area contributed by atoms with E-state index in [1.54, 1.807) is 0 Å². The largest absolute Gasteiger partial charge is 0.444 e. The number of carbonyl (C=O) groups excluding carboxylic acids is 2. The lowest BCUT2D eigenvalue weighted by Crippen LogP contribution is -2.70. The van der Waals surface area contributed by atoms with E-state index >= 15 is 0 Å². The maximum Gasteiger partial charge on any atom is 0.408 e. The molecule has 0 aromatic heterocycles. The maximum absolute atomic E-state index is 11.6. The van der Waals surface area contributed by atoms with Crippen molar-refractivity contribution in [3.8, 4) is 0 Å². The Morgan fingerprint density at radius 3 is 2.56 bits per heavy atom. The zero-order valence-electron chi connectivity index (χ0n) is 10.1. The lowest BCUT2D eigenvalue weighted by atomic mass is 9.48. The molecule has 90 valence electrons. The van der Waals surface area contributed by atoms with Crippen molar-refractivity contribution in [3.63, 3.8) is 0 Å². The van der Waals surface area contributed by atoms with E-state index < -0.39 is 5.60 Å². The Hall–Kier alpha value is -1.06. The molecule has 0 saturated heterocycles. The molecule has 4 heteroatoms. The van der Waals surface area contributed by atoms with Gasteiger partial charge < -0.3 is 14.8 Å². The van der Waals surface area contributed by atoms with E-state index in [1.165, 1.54) is 0 Å². The van der Waals surface area contributed by atoms with Gasteiger partial charge in [-0.3, -0.25) is 0 Å². The fourth-order valence-electron chi connectivity index (χ4n) is 2.80. The van der Waals surface area contributed by atoms with Crippen LogP contribution in [0, 0.1) is 11.8 Å². The standard InChI is InChI=1S/C12H19NO3/c1-11(2,3)16-10(15)13-12-5-4-9(12)8(6-12)7-14/h7-9H,4-6H2,1-3H3,(H,13,15).